The Kier molecular flexibility index (Phi) is 7.27. The average molecular weight is 290 g/mol. The highest BCUT2D eigenvalue weighted by molar-refractivity contribution is 7.80. The van der Waals surface area contributed by atoms with E-state index in [4.69, 9.17) is 17.5 Å². The van der Waals surface area contributed by atoms with E-state index in [-0.39, 0.29) is 0 Å². The van der Waals surface area contributed by atoms with Gasteiger partial charge in [-0.3, -0.25) is 9.11 Å². The molecule has 6 nitrogen and oxygen atoms in total. The van der Waals surface area contributed by atoms with E-state index in [1.807, 2.05) is 12.1 Å². The molecule has 1 aromatic rings. The van der Waals surface area contributed by atoms with E-state index < -0.39 is 10.4 Å². The van der Waals surface area contributed by atoms with Crippen molar-refractivity contribution >= 4 is 56.5 Å². The molecule has 0 saturated heterocycles. The van der Waals surface area contributed by atoms with Crippen molar-refractivity contribution in [2.24, 2.45) is 9.98 Å². The van der Waals surface area contributed by atoms with E-state index in [1.54, 1.807) is 12.1 Å². The highest BCUT2D eigenvalue weighted by Gasteiger charge is 1.94. The third kappa shape index (κ3) is 9.61. The average Bonchev–Trinajstić information content (AvgIpc) is 2.19. The molecule has 0 fully saturated rings. The molecular formula is C8H6N2O4S3. The molecule has 0 unspecified atom stereocenters. The van der Waals surface area contributed by atoms with Gasteiger partial charge in [0.15, 0.2) is 0 Å². The molecule has 0 saturated carbocycles. The maximum Gasteiger partial charge on any atom is 0.394 e. The van der Waals surface area contributed by atoms with Crippen molar-refractivity contribution in [2.75, 3.05) is 0 Å². The fraction of sp³-hybridized carbons (Fsp3) is 0. The van der Waals surface area contributed by atoms with Gasteiger partial charge in [0.05, 0.1) is 10.3 Å². The van der Waals surface area contributed by atoms with Crippen LogP contribution in [0.4, 0.5) is 11.4 Å². The molecule has 17 heavy (non-hydrogen) atoms. The van der Waals surface area contributed by atoms with Crippen molar-refractivity contribution in [2.45, 2.75) is 0 Å². The van der Waals surface area contributed by atoms with Gasteiger partial charge in [-0.25, -0.2) is 0 Å². The highest BCUT2D eigenvalue weighted by atomic mass is 32.3. The number of hydrogen-bond acceptors (Lipinski definition) is 6. The van der Waals surface area contributed by atoms with Crippen LogP contribution >= 0.6 is 24.4 Å². The highest BCUT2D eigenvalue weighted by Crippen LogP contribution is 2.25. The van der Waals surface area contributed by atoms with Crippen molar-refractivity contribution in [1.82, 2.24) is 0 Å². The van der Waals surface area contributed by atoms with E-state index in [0.29, 0.717) is 11.4 Å². The summed E-state index contributed by atoms with van der Waals surface area (Å²) in [4.78, 5) is 7.62. The molecule has 0 aliphatic rings. The van der Waals surface area contributed by atoms with Crippen LogP contribution < -0.4 is 0 Å². The van der Waals surface area contributed by atoms with Crippen LogP contribution in [0.15, 0.2) is 34.3 Å². The Morgan fingerprint density at radius 1 is 1.00 bits per heavy atom. The second-order valence-electron chi connectivity index (χ2n) is 2.34. The second kappa shape index (κ2) is 7.88. The number of thiocarbonyl (C=S) groups is 2. The lowest BCUT2D eigenvalue weighted by Crippen LogP contribution is -1.89. The molecule has 1 aromatic carbocycles. The minimum atomic E-state index is -4.67. The molecule has 0 heterocycles. The first-order valence-corrected chi connectivity index (χ1v) is 6.04. The lowest BCUT2D eigenvalue weighted by Gasteiger charge is -1.93. The Bertz CT molecular complexity index is 527. The van der Waals surface area contributed by atoms with Gasteiger partial charge in [0.25, 0.3) is 0 Å². The van der Waals surface area contributed by atoms with Gasteiger partial charge in [0, 0.05) is 0 Å². The molecule has 0 radical (unpaired) electrons. The predicted octanol–water partition coefficient (Wildman–Crippen LogP) is 2.50. The van der Waals surface area contributed by atoms with Crippen molar-refractivity contribution in [3.8, 4) is 0 Å². The standard InChI is InChI=1S/C8H4N2S2.H2O4S/c11-5-9-7-3-1-2-4-8(7)10-6-12;1-5(2,3)4/h1-4H;(H2,1,2,3,4). The van der Waals surface area contributed by atoms with Crippen LogP contribution in [0, 0.1) is 0 Å². The third-order valence-corrected chi connectivity index (χ3v) is 1.40. The van der Waals surface area contributed by atoms with Crippen LogP contribution in [-0.2, 0) is 10.4 Å². The maximum atomic E-state index is 8.74. The first kappa shape index (κ1) is 15.7. The summed E-state index contributed by atoms with van der Waals surface area (Å²) in [7, 11) is -4.67. The second-order valence-corrected chi connectivity index (χ2v) is 3.60. The molecule has 0 atom stereocenters. The number of isothiocyanates is 2. The molecule has 0 aliphatic heterocycles. The van der Waals surface area contributed by atoms with E-state index in [1.165, 1.54) is 0 Å². The third-order valence-electron chi connectivity index (χ3n) is 1.21. The summed E-state index contributed by atoms with van der Waals surface area (Å²) in [6.45, 7) is 0. The van der Waals surface area contributed by atoms with Crippen LogP contribution in [-0.4, -0.2) is 27.8 Å². The van der Waals surface area contributed by atoms with Gasteiger partial charge in [0.2, 0.25) is 0 Å². The SMILES string of the molecule is O=S(=O)(O)O.S=C=Nc1ccccc1N=C=S. The van der Waals surface area contributed by atoms with Gasteiger partial charge in [-0.2, -0.15) is 18.4 Å². The Morgan fingerprint density at radius 2 is 1.29 bits per heavy atom. The lowest BCUT2D eigenvalue weighted by atomic mass is 10.3. The maximum absolute atomic E-state index is 8.74. The minimum Gasteiger partial charge on any atom is -0.264 e. The quantitative estimate of drug-likeness (QED) is 0.493. The van der Waals surface area contributed by atoms with Crippen molar-refractivity contribution in [1.29, 1.82) is 0 Å². The zero-order valence-corrected chi connectivity index (χ0v) is 10.6. The van der Waals surface area contributed by atoms with Gasteiger partial charge >= 0.3 is 10.4 Å². The Hall–Kier alpha value is -1.31. The zero-order valence-electron chi connectivity index (χ0n) is 8.14. The number of benzene rings is 1. The first-order chi connectivity index (χ1) is 7.88. The summed E-state index contributed by atoms with van der Waals surface area (Å²) in [5.74, 6) is 0. The number of hydrogen-bond donors (Lipinski definition) is 2. The van der Waals surface area contributed by atoms with E-state index in [0.717, 1.165) is 0 Å². The topological polar surface area (TPSA) is 99.3 Å². The number of nitrogens with zero attached hydrogens (tertiary/aromatic N) is 2. The van der Waals surface area contributed by atoms with Gasteiger partial charge in [-0.1, -0.05) is 12.1 Å². The molecule has 0 amide bonds. The van der Waals surface area contributed by atoms with Crippen LogP contribution in [0.25, 0.3) is 0 Å². The van der Waals surface area contributed by atoms with Crippen LogP contribution in [0.3, 0.4) is 0 Å². The van der Waals surface area contributed by atoms with Crippen molar-refractivity contribution in [3.63, 3.8) is 0 Å². The number of para-hydroxylation sites is 2. The fourth-order valence-electron chi connectivity index (χ4n) is 0.752. The van der Waals surface area contributed by atoms with Gasteiger partial charge < -0.3 is 0 Å². The Labute approximate surface area is 108 Å². The van der Waals surface area contributed by atoms with Crippen molar-refractivity contribution < 1.29 is 17.5 Å². The summed E-state index contributed by atoms with van der Waals surface area (Å²) in [6.07, 6.45) is 0. The van der Waals surface area contributed by atoms with Gasteiger partial charge in [0.1, 0.15) is 11.4 Å². The summed E-state index contributed by atoms with van der Waals surface area (Å²) in [6, 6.07) is 7.25. The summed E-state index contributed by atoms with van der Waals surface area (Å²) in [5, 5.41) is 4.54. The largest absolute Gasteiger partial charge is 0.394 e. The molecule has 0 spiro atoms. The predicted molar refractivity (Wildman–Crippen MR) is 70.0 cm³/mol. The van der Waals surface area contributed by atoms with Crippen LogP contribution in [0.1, 0.15) is 0 Å². The Morgan fingerprint density at radius 3 is 1.53 bits per heavy atom. The first-order valence-electron chi connectivity index (χ1n) is 3.83. The van der Waals surface area contributed by atoms with Gasteiger partial charge in [-0.15, -0.1) is 0 Å². The molecule has 90 valence electrons. The summed E-state index contributed by atoms with van der Waals surface area (Å²) in [5.41, 5.74) is 1.31. The molecular weight excluding hydrogens is 284 g/mol. The normalized spacial score (nSPS) is 9.06. The van der Waals surface area contributed by atoms with E-state index in [2.05, 4.69) is 44.7 Å². The molecule has 2 N–H and O–H groups in total. The lowest BCUT2D eigenvalue weighted by molar-refractivity contribution is 0.381. The number of rotatable bonds is 2. The van der Waals surface area contributed by atoms with Crippen LogP contribution in [0.5, 0.6) is 0 Å². The fourth-order valence-corrected chi connectivity index (χ4v) is 0.948. The van der Waals surface area contributed by atoms with Crippen LogP contribution in [0.2, 0.25) is 0 Å². The van der Waals surface area contributed by atoms with E-state index >= 15 is 0 Å². The van der Waals surface area contributed by atoms with E-state index in [9.17, 15) is 0 Å². The monoisotopic (exact) mass is 290 g/mol. The summed E-state index contributed by atoms with van der Waals surface area (Å²) >= 11 is 8.95. The number of aliphatic imine (C=N–C) groups is 2. The molecule has 0 aliphatic carbocycles. The van der Waals surface area contributed by atoms with Gasteiger partial charge in [-0.05, 0) is 36.6 Å². The zero-order chi connectivity index (χ0) is 13.3. The molecule has 1 rings (SSSR count). The smallest absolute Gasteiger partial charge is 0.264 e. The molecule has 9 heteroatoms. The summed E-state index contributed by atoms with van der Waals surface area (Å²) < 4.78 is 31.6. The molecule has 0 bridgehead atoms. The minimum absolute atomic E-state index is 0.657. The van der Waals surface area contributed by atoms with Crippen molar-refractivity contribution in [3.05, 3.63) is 24.3 Å². The Balaban J connectivity index is 0.000000437. The molecule has 0 aromatic heterocycles.